The Balaban J connectivity index is 2.68. The highest BCUT2D eigenvalue weighted by Crippen LogP contribution is 2.05. The number of benzene rings is 1. The van der Waals surface area contributed by atoms with E-state index in [1.165, 1.54) is 5.56 Å². The first kappa shape index (κ1) is 8.44. The van der Waals surface area contributed by atoms with Gasteiger partial charge in [-0.1, -0.05) is 18.1 Å². The van der Waals surface area contributed by atoms with Crippen LogP contribution in [0.2, 0.25) is 0 Å². The molecule has 0 aliphatic rings. The van der Waals surface area contributed by atoms with Crippen LogP contribution in [0.4, 0.5) is 0 Å². The van der Waals surface area contributed by atoms with Gasteiger partial charge >= 0.3 is 0 Å². The van der Waals surface area contributed by atoms with Gasteiger partial charge in [-0.25, -0.2) is 0 Å². The fourth-order valence-electron chi connectivity index (χ4n) is 0.984. The van der Waals surface area contributed by atoms with Crippen molar-refractivity contribution in [1.29, 1.82) is 0 Å². The molecule has 12 heavy (non-hydrogen) atoms. The van der Waals surface area contributed by atoms with E-state index in [0.717, 1.165) is 18.4 Å². The molecule has 0 bridgehead atoms. The average molecular weight is 154 g/mol. The summed E-state index contributed by atoms with van der Waals surface area (Å²) in [5, 5.41) is 0. The van der Waals surface area contributed by atoms with Crippen molar-refractivity contribution in [3.05, 3.63) is 35.4 Å². The van der Waals surface area contributed by atoms with E-state index < -0.39 is 0 Å². The predicted octanol–water partition coefficient (Wildman–Crippen LogP) is 2.23. The first-order valence-electron chi connectivity index (χ1n) is 3.86. The molecule has 0 heteroatoms. The molecule has 0 aliphatic carbocycles. The molecule has 0 saturated carbocycles. The van der Waals surface area contributed by atoms with Crippen LogP contribution in [0.15, 0.2) is 24.3 Å². The van der Waals surface area contributed by atoms with Crippen LogP contribution >= 0.6 is 0 Å². The maximum Gasteiger partial charge on any atom is 0.0242 e. The van der Waals surface area contributed by atoms with Crippen LogP contribution in [0.5, 0.6) is 0 Å². The summed E-state index contributed by atoms with van der Waals surface area (Å²) in [5.41, 5.74) is 2.16. The zero-order valence-corrected chi connectivity index (χ0v) is 6.88. The van der Waals surface area contributed by atoms with E-state index in [1.54, 1.807) is 0 Å². The third-order valence-electron chi connectivity index (χ3n) is 1.68. The quantitative estimate of drug-likeness (QED) is 0.573. The number of rotatable bonds is 2. The van der Waals surface area contributed by atoms with Crippen molar-refractivity contribution >= 4 is 0 Å². The van der Waals surface area contributed by atoms with Crippen molar-refractivity contribution in [3.8, 4) is 24.7 Å². The Morgan fingerprint density at radius 3 is 2.25 bits per heavy atom. The van der Waals surface area contributed by atoms with Gasteiger partial charge in [0.1, 0.15) is 0 Å². The van der Waals surface area contributed by atoms with E-state index in [9.17, 15) is 0 Å². The van der Waals surface area contributed by atoms with E-state index >= 15 is 0 Å². The molecule has 0 aromatic heterocycles. The smallest absolute Gasteiger partial charge is 0.0242 e. The lowest BCUT2D eigenvalue weighted by atomic mass is 10.1. The molecule has 1 aromatic rings. The molecule has 0 heterocycles. The van der Waals surface area contributed by atoms with Crippen LogP contribution in [-0.4, -0.2) is 0 Å². The minimum atomic E-state index is 0.787. The molecule has 0 radical (unpaired) electrons. The molecule has 58 valence electrons. The van der Waals surface area contributed by atoms with Crippen molar-refractivity contribution < 1.29 is 0 Å². The fraction of sp³-hybridized carbons (Fsp3) is 0.167. The molecule has 0 unspecified atom stereocenters. The molecule has 0 atom stereocenters. The number of aryl methyl sites for hydroxylation is 1. The Hall–Kier alpha value is -1.66. The number of terminal acetylenes is 2. The molecule has 0 aliphatic heterocycles. The molecule has 0 saturated heterocycles. The summed E-state index contributed by atoms with van der Waals surface area (Å²) in [7, 11) is 0. The van der Waals surface area contributed by atoms with E-state index in [4.69, 9.17) is 12.8 Å². The molecule has 0 amide bonds. The summed E-state index contributed by atoms with van der Waals surface area (Å²) in [4.78, 5) is 0. The Morgan fingerprint density at radius 1 is 1.08 bits per heavy atom. The topological polar surface area (TPSA) is 0 Å². The van der Waals surface area contributed by atoms with Crippen molar-refractivity contribution in [2.45, 2.75) is 12.8 Å². The summed E-state index contributed by atoms with van der Waals surface area (Å²) >= 11 is 0. The normalized spacial score (nSPS) is 8.50. The lowest BCUT2D eigenvalue weighted by Gasteiger charge is -1.96. The number of hydrogen-bond acceptors (Lipinski definition) is 0. The van der Waals surface area contributed by atoms with Gasteiger partial charge < -0.3 is 0 Å². The average Bonchev–Trinajstić information content (AvgIpc) is 2.15. The fourth-order valence-corrected chi connectivity index (χ4v) is 0.984. The molecule has 0 N–H and O–H groups in total. The van der Waals surface area contributed by atoms with Crippen molar-refractivity contribution in [1.82, 2.24) is 0 Å². The third kappa shape index (κ3) is 2.19. The van der Waals surface area contributed by atoms with Crippen LogP contribution in [0.25, 0.3) is 0 Å². The molecular weight excluding hydrogens is 144 g/mol. The van der Waals surface area contributed by atoms with Gasteiger partial charge in [0, 0.05) is 12.0 Å². The first-order valence-corrected chi connectivity index (χ1v) is 3.86. The lowest BCUT2D eigenvalue weighted by molar-refractivity contribution is 1.03. The van der Waals surface area contributed by atoms with Gasteiger partial charge in [-0.15, -0.1) is 18.8 Å². The number of hydrogen-bond donors (Lipinski definition) is 0. The second-order valence-corrected chi connectivity index (χ2v) is 2.55. The molecular formula is C12H10. The highest BCUT2D eigenvalue weighted by Gasteiger charge is 1.90. The van der Waals surface area contributed by atoms with E-state index in [0.29, 0.717) is 0 Å². The van der Waals surface area contributed by atoms with Crippen LogP contribution in [0, 0.1) is 24.7 Å². The molecule has 0 spiro atoms. The van der Waals surface area contributed by atoms with Gasteiger partial charge in [-0.05, 0) is 24.1 Å². The maximum atomic E-state index is 5.22. The third-order valence-corrected chi connectivity index (χ3v) is 1.68. The van der Waals surface area contributed by atoms with E-state index in [2.05, 4.69) is 11.8 Å². The Morgan fingerprint density at radius 2 is 1.75 bits per heavy atom. The van der Waals surface area contributed by atoms with Gasteiger partial charge in [-0.2, -0.15) is 0 Å². The van der Waals surface area contributed by atoms with E-state index in [1.807, 2.05) is 24.3 Å². The zero-order chi connectivity index (χ0) is 8.81. The SMILES string of the molecule is C#CCCc1ccc(C#C)cc1. The van der Waals surface area contributed by atoms with Gasteiger partial charge in [0.25, 0.3) is 0 Å². The van der Waals surface area contributed by atoms with Gasteiger partial charge in [0.05, 0.1) is 0 Å². The first-order chi connectivity index (χ1) is 5.86. The minimum absolute atomic E-state index is 0.787. The molecule has 1 rings (SSSR count). The van der Waals surface area contributed by atoms with Crippen molar-refractivity contribution in [2.24, 2.45) is 0 Å². The summed E-state index contributed by atoms with van der Waals surface area (Å²) in [6.45, 7) is 0. The van der Waals surface area contributed by atoms with Crippen LogP contribution in [0.3, 0.4) is 0 Å². The molecule has 0 nitrogen and oxygen atoms in total. The lowest BCUT2D eigenvalue weighted by Crippen LogP contribution is -1.83. The largest absolute Gasteiger partial charge is 0.120 e. The highest BCUT2D eigenvalue weighted by molar-refractivity contribution is 5.34. The Labute approximate surface area is 73.6 Å². The summed E-state index contributed by atoms with van der Waals surface area (Å²) in [6, 6.07) is 7.91. The van der Waals surface area contributed by atoms with Gasteiger partial charge in [0.15, 0.2) is 0 Å². The second kappa shape index (κ2) is 4.27. The molecule has 0 fully saturated rings. The standard InChI is InChI=1S/C12H10/c1-3-5-6-12-9-7-11(4-2)8-10-12/h1-2,7-10H,5-6H2. The zero-order valence-electron chi connectivity index (χ0n) is 6.88. The predicted molar refractivity (Wildman–Crippen MR) is 51.5 cm³/mol. The highest BCUT2D eigenvalue weighted by atomic mass is 13.9. The van der Waals surface area contributed by atoms with Crippen molar-refractivity contribution in [3.63, 3.8) is 0 Å². The van der Waals surface area contributed by atoms with Crippen molar-refractivity contribution in [2.75, 3.05) is 0 Å². The maximum absolute atomic E-state index is 5.22. The monoisotopic (exact) mass is 154 g/mol. The summed E-state index contributed by atoms with van der Waals surface area (Å²) in [6.07, 6.45) is 12.1. The second-order valence-electron chi connectivity index (χ2n) is 2.55. The summed E-state index contributed by atoms with van der Waals surface area (Å²) < 4.78 is 0. The van der Waals surface area contributed by atoms with Crippen LogP contribution in [0.1, 0.15) is 17.5 Å². The Kier molecular flexibility index (Phi) is 3.00. The molecule has 1 aromatic carbocycles. The summed E-state index contributed by atoms with van der Waals surface area (Å²) in [5.74, 6) is 5.17. The van der Waals surface area contributed by atoms with Gasteiger partial charge in [0.2, 0.25) is 0 Å². The Bertz CT molecular complexity index is 317. The van der Waals surface area contributed by atoms with Crippen LogP contribution in [-0.2, 0) is 6.42 Å². The van der Waals surface area contributed by atoms with Gasteiger partial charge in [-0.3, -0.25) is 0 Å². The van der Waals surface area contributed by atoms with E-state index in [-0.39, 0.29) is 0 Å². The van der Waals surface area contributed by atoms with Crippen LogP contribution < -0.4 is 0 Å². The minimum Gasteiger partial charge on any atom is -0.120 e.